The quantitative estimate of drug-likeness (QED) is 0.271. The predicted molar refractivity (Wildman–Crippen MR) is 157 cm³/mol. The Morgan fingerprint density at radius 2 is 1.67 bits per heavy atom. The van der Waals surface area contributed by atoms with Crippen LogP contribution < -0.4 is 10.1 Å². The summed E-state index contributed by atoms with van der Waals surface area (Å²) in [5, 5.41) is 4.20. The van der Waals surface area contributed by atoms with Gasteiger partial charge in [0, 0.05) is 29.1 Å². The molecule has 0 bridgehead atoms. The summed E-state index contributed by atoms with van der Waals surface area (Å²) in [6.07, 6.45) is 6.60. The normalized spacial score (nSPS) is 14.4. The minimum atomic E-state index is -0.736. The third-order valence-corrected chi connectivity index (χ3v) is 7.86. The molecule has 0 heterocycles. The maximum Gasteiger partial charge on any atom is 0.261 e. The monoisotopic (exact) mass is 566 g/mol. The van der Waals surface area contributed by atoms with E-state index in [9.17, 15) is 9.59 Å². The van der Waals surface area contributed by atoms with Crippen LogP contribution in [-0.2, 0) is 29.0 Å². The fraction of sp³-hybridized carbons (Fsp3) is 0.375. The Morgan fingerprint density at radius 1 is 0.949 bits per heavy atom. The third kappa shape index (κ3) is 8.48. The van der Waals surface area contributed by atoms with Crippen molar-refractivity contribution in [2.24, 2.45) is 0 Å². The third-order valence-electron chi connectivity index (χ3n) is 7.27. The van der Waals surface area contributed by atoms with Crippen molar-refractivity contribution < 1.29 is 14.3 Å². The maximum atomic E-state index is 13.8. The van der Waals surface area contributed by atoms with E-state index in [0.29, 0.717) is 27.8 Å². The number of hydrogen-bond donors (Lipinski definition) is 1. The number of carbonyl (C=O) groups excluding carboxylic acids is 2. The van der Waals surface area contributed by atoms with Crippen LogP contribution in [0.4, 0.5) is 0 Å². The number of nitrogens with one attached hydrogen (secondary N) is 1. The van der Waals surface area contributed by atoms with E-state index in [4.69, 9.17) is 27.9 Å². The smallest absolute Gasteiger partial charge is 0.261 e. The topological polar surface area (TPSA) is 58.6 Å². The zero-order valence-corrected chi connectivity index (χ0v) is 23.9. The Bertz CT molecular complexity index is 1230. The zero-order valence-electron chi connectivity index (χ0n) is 22.4. The van der Waals surface area contributed by atoms with Crippen molar-refractivity contribution in [3.05, 3.63) is 99.5 Å². The first-order chi connectivity index (χ1) is 18.9. The molecule has 0 unspecified atom stereocenters. The second-order valence-electron chi connectivity index (χ2n) is 10.1. The van der Waals surface area contributed by atoms with Gasteiger partial charge in [-0.15, -0.1) is 0 Å². The van der Waals surface area contributed by atoms with Gasteiger partial charge in [-0.05, 0) is 60.2 Å². The Balaban J connectivity index is 1.62. The van der Waals surface area contributed by atoms with Gasteiger partial charge < -0.3 is 15.0 Å². The van der Waals surface area contributed by atoms with Crippen molar-refractivity contribution in [3.8, 4) is 5.75 Å². The van der Waals surface area contributed by atoms with Crippen LogP contribution in [0.3, 0.4) is 0 Å². The van der Waals surface area contributed by atoms with Crippen molar-refractivity contribution in [2.75, 3.05) is 6.61 Å². The number of halogens is 2. The van der Waals surface area contributed by atoms with Crippen LogP contribution in [0.25, 0.3) is 0 Å². The Morgan fingerprint density at radius 3 is 2.33 bits per heavy atom. The molecule has 39 heavy (non-hydrogen) atoms. The molecule has 0 radical (unpaired) electrons. The molecule has 0 aliphatic heterocycles. The molecule has 0 saturated heterocycles. The molecule has 1 atom stereocenters. The van der Waals surface area contributed by atoms with E-state index < -0.39 is 6.04 Å². The van der Waals surface area contributed by atoms with E-state index in [-0.39, 0.29) is 31.0 Å². The van der Waals surface area contributed by atoms with Gasteiger partial charge in [0.2, 0.25) is 5.91 Å². The molecule has 1 fully saturated rings. The Labute approximate surface area is 241 Å². The first-order valence-electron chi connectivity index (χ1n) is 13.7. The van der Waals surface area contributed by atoms with Crippen molar-refractivity contribution in [3.63, 3.8) is 0 Å². The molecule has 1 N–H and O–H groups in total. The molecule has 4 rings (SSSR count). The first kappa shape index (κ1) is 29.0. The highest BCUT2D eigenvalue weighted by atomic mass is 35.5. The fourth-order valence-electron chi connectivity index (χ4n) is 4.98. The van der Waals surface area contributed by atoms with Crippen molar-refractivity contribution in [1.82, 2.24) is 10.2 Å². The molecule has 5 nitrogen and oxygen atoms in total. The number of ether oxygens (including phenoxy) is 1. The van der Waals surface area contributed by atoms with Crippen LogP contribution in [0.5, 0.6) is 5.75 Å². The molecule has 3 aromatic rings. The lowest BCUT2D eigenvalue weighted by Gasteiger charge is -2.33. The molecule has 0 aromatic heterocycles. The Hall–Kier alpha value is -3.02. The summed E-state index contributed by atoms with van der Waals surface area (Å²) in [4.78, 5) is 29.2. The number of benzene rings is 3. The molecule has 206 valence electrons. The summed E-state index contributed by atoms with van der Waals surface area (Å²) in [5.74, 6) is 0.160. The zero-order chi connectivity index (χ0) is 27.6. The lowest BCUT2D eigenvalue weighted by molar-refractivity contribution is -0.143. The van der Waals surface area contributed by atoms with Crippen molar-refractivity contribution >= 4 is 35.0 Å². The van der Waals surface area contributed by atoms with Crippen molar-refractivity contribution in [1.29, 1.82) is 0 Å². The lowest BCUT2D eigenvalue weighted by atomic mass is 9.94. The minimum Gasteiger partial charge on any atom is -0.484 e. The van der Waals surface area contributed by atoms with Crippen LogP contribution in [0.2, 0.25) is 10.0 Å². The largest absolute Gasteiger partial charge is 0.484 e. The number of aryl methyl sites for hydroxylation is 1. The molecule has 1 aliphatic carbocycles. The van der Waals surface area contributed by atoms with Crippen LogP contribution in [0.15, 0.2) is 72.8 Å². The highest BCUT2D eigenvalue weighted by Crippen LogP contribution is 2.25. The van der Waals surface area contributed by atoms with Gasteiger partial charge >= 0.3 is 0 Å². The summed E-state index contributed by atoms with van der Waals surface area (Å²) in [5.41, 5.74) is 2.87. The number of hydrogen-bond acceptors (Lipinski definition) is 3. The summed E-state index contributed by atoms with van der Waals surface area (Å²) in [7, 11) is 0. The second kappa shape index (κ2) is 14.4. The van der Waals surface area contributed by atoms with E-state index in [1.165, 1.54) is 12.0 Å². The van der Waals surface area contributed by atoms with E-state index in [2.05, 4.69) is 12.2 Å². The second-order valence-corrected chi connectivity index (χ2v) is 10.9. The summed E-state index contributed by atoms with van der Waals surface area (Å²) in [6, 6.07) is 22.1. The summed E-state index contributed by atoms with van der Waals surface area (Å²) in [6.45, 7) is 2.05. The highest BCUT2D eigenvalue weighted by Gasteiger charge is 2.32. The molecule has 1 aliphatic rings. The number of nitrogens with zero attached hydrogens (tertiary/aromatic N) is 1. The molecule has 0 spiro atoms. The maximum absolute atomic E-state index is 13.8. The van der Waals surface area contributed by atoms with Crippen molar-refractivity contribution in [2.45, 2.75) is 70.5 Å². The van der Waals surface area contributed by atoms with Crippen LogP contribution in [0, 0.1) is 0 Å². The van der Waals surface area contributed by atoms with Crippen LogP contribution >= 0.6 is 23.2 Å². The standard InChI is InChI=1S/C32H36Cl2N2O3/c1-2-23-13-17-28(18-14-23)39-22-31(37)36(21-25-15-16-26(33)20-29(25)34)30(19-24-9-5-3-6-10-24)32(38)35-27-11-7-4-8-12-27/h3,5-6,9-10,13-18,20,27,30H,2,4,7-8,11-12,19,21-22H2,1H3,(H,35,38)/t30-/m1/s1. The summed E-state index contributed by atoms with van der Waals surface area (Å²) >= 11 is 12.7. The minimum absolute atomic E-state index is 0.119. The van der Waals surface area contributed by atoms with Gasteiger partial charge in [0.05, 0.1) is 0 Å². The van der Waals surface area contributed by atoms with Gasteiger partial charge in [0.1, 0.15) is 11.8 Å². The Kier molecular flexibility index (Phi) is 10.7. The van der Waals surface area contributed by atoms with Gasteiger partial charge in [0.25, 0.3) is 5.91 Å². The molecule has 7 heteroatoms. The van der Waals surface area contributed by atoms with E-state index >= 15 is 0 Å². The molecular formula is C32H36Cl2N2O3. The van der Waals surface area contributed by atoms with Gasteiger partial charge in [-0.2, -0.15) is 0 Å². The van der Waals surface area contributed by atoms with Gasteiger partial charge in [-0.3, -0.25) is 9.59 Å². The van der Waals surface area contributed by atoms with E-state index in [0.717, 1.165) is 37.7 Å². The van der Waals surface area contributed by atoms with Gasteiger partial charge in [-0.1, -0.05) is 97.9 Å². The lowest BCUT2D eigenvalue weighted by Crippen LogP contribution is -2.53. The van der Waals surface area contributed by atoms with E-state index in [1.807, 2.05) is 54.6 Å². The summed E-state index contributed by atoms with van der Waals surface area (Å²) < 4.78 is 5.89. The predicted octanol–water partition coefficient (Wildman–Crippen LogP) is 7.02. The first-order valence-corrected chi connectivity index (χ1v) is 14.5. The molecule has 3 aromatic carbocycles. The highest BCUT2D eigenvalue weighted by molar-refractivity contribution is 6.35. The molecule has 1 saturated carbocycles. The number of rotatable bonds is 11. The average Bonchev–Trinajstić information content (AvgIpc) is 2.96. The van der Waals surface area contributed by atoms with Crippen LogP contribution in [-0.4, -0.2) is 35.4 Å². The van der Waals surface area contributed by atoms with E-state index in [1.54, 1.807) is 23.1 Å². The van der Waals surface area contributed by atoms with Gasteiger partial charge in [-0.25, -0.2) is 0 Å². The molecule has 2 amide bonds. The fourth-order valence-corrected chi connectivity index (χ4v) is 5.45. The van der Waals surface area contributed by atoms with Gasteiger partial charge in [0.15, 0.2) is 6.61 Å². The number of amides is 2. The molecular weight excluding hydrogens is 531 g/mol. The average molecular weight is 568 g/mol. The SMILES string of the molecule is CCc1ccc(OCC(=O)N(Cc2ccc(Cl)cc2Cl)[C@H](Cc2ccccc2)C(=O)NC2CCCCC2)cc1. The number of carbonyl (C=O) groups is 2. The van der Waals surface area contributed by atoms with Crippen LogP contribution in [0.1, 0.15) is 55.7 Å².